The van der Waals surface area contributed by atoms with Crippen LogP contribution in [0.3, 0.4) is 0 Å². The zero-order valence-corrected chi connectivity index (χ0v) is 12.1. The zero-order chi connectivity index (χ0) is 14.7. The average molecular weight is 337 g/mol. The first-order chi connectivity index (χ1) is 9.47. The lowest BCUT2D eigenvalue weighted by Gasteiger charge is -2.12. The number of aromatic nitrogens is 1. The number of hydrogen-bond acceptors (Lipinski definition) is 4. The van der Waals surface area contributed by atoms with Crippen molar-refractivity contribution in [3.8, 4) is 0 Å². The van der Waals surface area contributed by atoms with E-state index in [-0.39, 0.29) is 6.42 Å². The van der Waals surface area contributed by atoms with Gasteiger partial charge in [-0.2, -0.15) is 0 Å². The number of anilines is 1. The van der Waals surface area contributed by atoms with Gasteiger partial charge in [0.25, 0.3) is 0 Å². The first kappa shape index (κ1) is 14.4. The SMILES string of the molecule is NC(=O)CC(N)C(=O)Nc1cccc2cc(Br)cnc12. The van der Waals surface area contributed by atoms with E-state index in [0.29, 0.717) is 11.2 Å². The largest absolute Gasteiger partial charge is 0.370 e. The second-order valence-corrected chi connectivity index (χ2v) is 5.21. The van der Waals surface area contributed by atoms with Crippen molar-refractivity contribution in [1.29, 1.82) is 0 Å². The summed E-state index contributed by atoms with van der Waals surface area (Å²) in [4.78, 5) is 26.9. The zero-order valence-electron chi connectivity index (χ0n) is 10.5. The third-order valence-electron chi connectivity index (χ3n) is 2.69. The second kappa shape index (κ2) is 5.98. The highest BCUT2D eigenvalue weighted by Crippen LogP contribution is 2.23. The van der Waals surface area contributed by atoms with Crippen LogP contribution in [-0.2, 0) is 9.59 Å². The van der Waals surface area contributed by atoms with Gasteiger partial charge in [-0.3, -0.25) is 14.6 Å². The van der Waals surface area contributed by atoms with Crippen molar-refractivity contribution in [2.45, 2.75) is 12.5 Å². The number of pyridine rings is 1. The molecule has 1 atom stereocenters. The highest BCUT2D eigenvalue weighted by Gasteiger charge is 2.17. The minimum atomic E-state index is -0.974. The van der Waals surface area contributed by atoms with Gasteiger partial charge in [0.05, 0.1) is 23.7 Å². The Morgan fingerprint density at radius 2 is 2.15 bits per heavy atom. The molecule has 2 rings (SSSR count). The van der Waals surface area contributed by atoms with E-state index in [4.69, 9.17) is 11.5 Å². The van der Waals surface area contributed by atoms with Gasteiger partial charge in [0.15, 0.2) is 0 Å². The number of rotatable bonds is 4. The number of carbonyl (C=O) groups is 2. The maximum Gasteiger partial charge on any atom is 0.241 e. The Hall–Kier alpha value is -1.99. The third kappa shape index (κ3) is 3.31. The van der Waals surface area contributed by atoms with Crippen LogP contribution < -0.4 is 16.8 Å². The van der Waals surface area contributed by atoms with Crippen LogP contribution in [0.5, 0.6) is 0 Å². The summed E-state index contributed by atoms with van der Waals surface area (Å²) in [6.45, 7) is 0. The molecular weight excluding hydrogens is 324 g/mol. The van der Waals surface area contributed by atoms with Gasteiger partial charge in [0, 0.05) is 16.1 Å². The molecule has 0 aliphatic carbocycles. The second-order valence-electron chi connectivity index (χ2n) is 4.30. The summed E-state index contributed by atoms with van der Waals surface area (Å²) in [7, 11) is 0. The van der Waals surface area contributed by atoms with E-state index in [1.807, 2.05) is 12.1 Å². The van der Waals surface area contributed by atoms with Gasteiger partial charge in [-0.15, -0.1) is 0 Å². The van der Waals surface area contributed by atoms with E-state index in [1.165, 1.54) is 0 Å². The minimum absolute atomic E-state index is 0.199. The molecule has 7 heteroatoms. The van der Waals surface area contributed by atoms with E-state index in [2.05, 4.69) is 26.2 Å². The van der Waals surface area contributed by atoms with Crippen LogP contribution in [0.2, 0.25) is 0 Å². The molecule has 0 aliphatic rings. The maximum atomic E-state index is 11.9. The fourth-order valence-electron chi connectivity index (χ4n) is 1.77. The van der Waals surface area contributed by atoms with Crippen LogP contribution in [-0.4, -0.2) is 22.8 Å². The number of carbonyl (C=O) groups excluding carboxylic acids is 2. The van der Waals surface area contributed by atoms with Crippen molar-refractivity contribution in [2.24, 2.45) is 11.5 Å². The molecule has 6 nitrogen and oxygen atoms in total. The predicted octanol–water partition coefficient (Wildman–Crippen LogP) is 1.14. The fourth-order valence-corrected chi connectivity index (χ4v) is 2.12. The van der Waals surface area contributed by atoms with E-state index in [0.717, 1.165) is 9.86 Å². The normalized spacial score (nSPS) is 12.1. The number of benzene rings is 1. The summed E-state index contributed by atoms with van der Waals surface area (Å²) < 4.78 is 0.846. The van der Waals surface area contributed by atoms with Gasteiger partial charge in [-0.05, 0) is 28.1 Å². The fraction of sp³-hybridized carbons (Fsp3) is 0.154. The predicted molar refractivity (Wildman–Crippen MR) is 79.9 cm³/mol. The Morgan fingerprint density at radius 1 is 1.40 bits per heavy atom. The molecule has 0 fully saturated rings. The van der Waals surface area contributed by atoms with Crippen LogP contribution in [0.25, 0.3) is 10.9 Å². The lowest BCUT2D eigenvalue weighted by Crippen LogP contribution is -2.39. The first-order valence-electron chi connectivity index (χ1n) is 5.86. The Labute approximate surface area is 123 Å². The van der Waals surface area contributed by atoms with E-state index >= 15 is 0 Å². The van der Waals surface area contributed by atoms with E-state index in [9.17, 15) is 9.59 Å². The van der Waals surface area contributed by atoms with Crippen molar-refractivity contribution in [1.82, 2.24) is 4.98 Å². The summed E-state index contributed by atoms with van der Waals surface area (Å²) in [5, 5.41) is 3.54. The highest BCUT2D eigenvalue weighted by atomic mass is 79.9. The molecule has 0 saturated heterocycles. The number of amides is 2. The number of nitrogens with zero attached hydrogens (tertiary/aromatic N) is 1. The molecule has 5 N–H and O–H groups in total. The Morgan fingerprint density at radius 3 is 2.85 bits per heavy atom. The Kier molecular flexibility index (Phi) is 4.31. The summed E-state index contributed by atoms with van der Waals surface area (Å²) in [6, 6.07) is 6.32. The van der Waals surface area contributed by atoms with Gasteiger partial charge in [0.1, 0.15) is 0 Å². The number of hydrogen-bond donors (Lipinski definition) is 3. The topological polar surface area (TPSA) is 111 Å². The molecule has 0 radical (unpaired) electrons. The number of nitrogens with one attached hydrogen (secondary N) is 1. The monoisotopic (exact) mass is 336 g/mol. The summed E-state index contributed by atoms with van der Waals surface area (Å²) in [6.07, 6.45) is 1.44. The molecule has 2 aromatic rings. The average Bonchev–Trinajstić information content (AvgIpc) is 2.37. The maximum absolute atomic E-state index is 11.9. The molecule has 0 bridgehead atoms. The summed E-state index contributed by atoms with van der Waals surface area (Å²) in [5.41, 5.74) is 11.8. The quantitative estimate of drug-likeness (QED) is 0.777. The molecule has 2 amide bonds. The molecular formula is C13H13BrN4O2. The molecule has 20 heavy (non-hydrogen) atoms. The van der Waals surface area contributed by atoms with Gasteiger partial charge in [-0.25, -0.2) is 0 Å². The molecule has 0 spiro atoms. The standard InChI is InChI=1S/C13H13BrN4O2/c14-8-4-7-2-1-3-10(12(7)17-6-8)18-13(20)9(15)5-11(16)19/h1-4,6,9H,5,15H2,(H2,16,19)(H,18,20). The van der Waals surface area contributed by atoms with Crippen LogP contribution >= 0.6 is 15.9 Å². The third-order valence-corrected chi connectivity index (χ3v) is 3.13. The lowest BCUT2D eigenvalue weighted by atomic mass is 10.1. The highest BCUT2D eigenvalue weighted by molar-refractivity contribution is 9.10. The van der Waals surface area contributed by atoms with E-state index in [1.54, 1.807) is 18.3 Å². The van der Waals surface area contributed by atoms with Crippen LogP contribution in [0.1, 0.15) is 6.42 Å². The van der Waals surface area contributed by atoms with Crippen molar-refractivity contribution >= 4 is 44.3 Å². The first-order valence-corrected chi connectivity index (χ1v) is 6.65. The number of halogens is 1. The molecule has 104 valence electrons. The van der Waals surface area contributed by atoms with Crippen LogP contribution in [0.4, 0.5) is 5.69 Å². The number of para-hydroxylation sites is 1. The minimum Gasteiger partial charge on any atom is -0.370 e. The molecule has 0 saturated carbocycles. The van der Waals surface area contributed by atoms with Crippen molar-refractivity contribution in [3.63, 3.8) is 0 Å². The van der Waals surface area contributed by atoms with Crippen molar-refractivity contribution in [2.75, 3.05) is 5.32 Å². The molecule has 0 aliphatic heterocycles. The smallest absolute Gasteiger partial charge is 0.241 e. The number of fused-ring (bicyclic) bond motifs is 1. The Balaban J connectivity index is 2.25. The van der Waals surface area contributed by atoms with Crippen LogP contribution in [0.15, 0.2) is 34.9 Å². The van der Waals surface area contributed by atoms with E-state index < -0.39 is 17.9 Å². The van der Waals surface area contributed by atoms with Gasteiger partial charge in [0.2, 0.25) is 11.8 Å². The Bertz CT molecular complexity index is 674. The summed E-state index contributed by atoms with van der Waals surface area (Å²) >= 11 is 3.34. The van der Waals surface area contributed by atoms with Gasteiger partial charge < -0.3 is 16.8 Å². The molecule has 1 heterocycles. The summed E-state index contributed by atoms with van der Waals surface area (Å²) in [5.74, 6) is -1.09. The van der Waals surface area contributed by atoms with Crippen molar-refractivity contribution < 1.29 is 9.59 Å². The number of primary amides is 1. The van der Waals surface area contributed by atoms with Gasteiger partial charge >= 0.3 is 0 Å². The molecule has 1 aromatic carbocycles. The van der Waals surface area contributed by atoms with Crippen molar-refractivity contribution in [3.05, 3.63) is 34.9 Å². The van der Waals surface area contributed by atoms with Crippen LogP contribution in [0, 0.1) is 0 Å². The lowest BCUT2D eigenvalue weighted by molar-refractivity contribution is -0.123. The number of nitrogens with two attached hydrogens (primary N) is 2. The molecule has 1 unspecified atom stereocenters. The van der Waals surface area contributed by atoms with Gasteiger partial charge in [-0.1, -0.05) is 12.1 Å². The molecule has 1 aromatic heterocycles.